The molecular weight excluding hydrogens is 659 g/mol. The van der Waals surface area contributed by atoms with Gasteiger partial charge in [0.2, 0.25) is 0 Å². The minimum atomic E-state index is -1.22. The predicted molar refractivity (Wildman–Crippen MR) is 184 cm³/mol. The molecule has 0 spiro atoms. The van der Waals surface area contributed by atoms with Gasteiger partial charge in [0.1, 0.15) is 19.0 Å². The number of hydrogen-bond donors (Lipinski definition) is 4. The number of ether oxygens (including phenoxy) is 4. The van der Waals surface area contributed by atoms with E-state index in [2.05, 4.69) is 21.2 Å². The highest BCUT2D eigenvalue weighted by Gasteiger charge is 2.32. The number of allylic oxidation sites excluding steroid dienone is 1. The van der Waals surface area contributed by atoms with Crippen LogP contribution >= 0.6 is 23.2 Å². The first-order valence-electron chi connectivity index (χ1n) is 15.0. The zero-order valence-electron chi connectivity index (χ0n) is 26.4. The summed E-state index contributed by atoms with van der Waals surface area (Å²) in [5.74, 6) is 0.484. The summed E-state index contributed by atoms with van der Waals surface area (Å²) in [5, 5.41) is 23.0. The van der Waals surface area contributed by atoms with E-state index in [9.17, 15) is 14.7 Å². The number of aliphatic hydroxyl groups is 1. The van der Waals surface area contributed by atoms with E-state index in [0.717, 1.165) is 16.3 Å². The van der Waals surface area contributed by atoms with Gasteiger partial charge in [0.15, 0.2) is 17.7 Å². The van der Waals surface area contributed by atoms with Gasteiger partial charge in [-0.25, -0.2) is 9.59 Å². The van der Waals surface area contributed by atoms with Crippen molar-refractivity contribution in [3.8, 4) is 17.2 Å². The number of amides is 2. The third kappa shape index (κ3) is 8.11. The highest BCUT2D eigenvalue weighted by molar-refractivity contribution is 6.36. The van der Waals surface area contributed by atoms with E-state index in [1.165, 1.54) is 13.3 Å². The molecule has 0 aliphatic carbocycles. The van der Waals surface area contributed by atoms with Gasteiger partial charge in [-0.2, -0.15) is 5.10 Å². The van der Waals surface area contributed by atoms with Crippen LogP contribution in [-0.4, -0.2) is 49.9 Å². The first-order chi connectivity index (χ1) is 23.2. The Bertz CT molecular complexity index is 1880. The zero-order chi connectivity index (χ0) is 34.2. The molecule has 0 radical (unpaired) electrons. The summed E-state index contributed by atoms with van der Waals surface area (Å²) in [4.78, 5) is 24.7. The summed E-state index contributed by atoms with van der Waals surface area (Å²) in [5.41, 5.74) is 5.32. The summed E-state index contributed by atoms with van der Waals surface area (Å²) in [6.45, 7) is 3.80. The molecule has 1 heterocycles. The molecule has 0 bridgehead atoms. The highest BCUT2D eigenvalue weighted by Crippen LogP contribution is 2.35. The average Bonchev–Trinajstić information content (AvgIpc) is 3.06. The number of fused-ring (bicyclic) bond motifs is 1. The van der Waals surface area contributed by atoms with E-state index in [0.29, 0.717) is 50.7 Å². The van der Waals surface area contributed by atoms with Crippen molar-refractivity contribution in [1.82, 2.24) is 16.1 Å². The Morgan fingerprint density at radius 2 is 1.83 bits per heavy atom. The van der Waals surface area contributed by atoms with E-state index in [1.807, 2.05) is 42.5 Å². The van der Waals surface area contributed by atoms with Gasteiger partial charge in [0.05, 0.1) is 36.6 Å². The highest BCUT2D eigenvalue weighted by atomic mass is 35.5. The normalized spacial score (nSPS) is 15.1. The standard InChI is InChI=1S/C35H34Cl2N4O7/c1-4-46-29-15-22(32-31(34(43)45-3)20(2)39-35(44)40-32)12-13-28(29)47-19-30(42)41-38-17-24-14-25(36)16-27(37)33(24)48-18-23-10-7-9-21-8-5-6-11-26(21)23/h5-17,30,32,41-42H,4,18-19H2,1-3H3,(H2,39,40,44)/b38-17+/t30-,32+/m1/s1. The molecular formula is C35H34Cl2N4O7. The second-order valence-electron chi connectivity index (χ2n) is 10.6. The number of rotatable bonds is 13. The summed E-state index contributed by atoms with van der Waals surface area (Å²) < 4.78 is 22.7. The number of urea groups is 1. The number of nitrogens with one attached hydrogen (secondary N) is 3. The van der Waals surface area contributed by atoms with Gasteiger partial charge < -0.3 is 34.7 Å². The number of benzene rings is 4. The fourth-order valence-corrected chi connectivity index (χ4v) is 5.78. The number of carbonyl (C=O) groups excluding carboxylic acids is 2. The number of hydrogen-bond acceptors (Lipinski definition) is 9. The lowest BCUT2D eigenvalue weighted by Gasteiger charge is -2.28. The van der Waals surface area contributed by atoms with Crippen molar-refractivity contribution in [2.45, 2.75) is 32.7 Å². The van der Waals surface area contributed by atoms with Crippen molar-refractivity contribution >= 4 is 52.2 Å². The van der Waals surface area contributed by atoms with E-state index in [-0.39, 0.29) is 18.8 Å². The second-order valence-corrected chi connectivity index (χ2v) is 11.5. The van der Waals surface area contributed by atoms with Gasteiger partial charge in [-0.3, -0.25) is 5.43 Å². The Morgan fingerprint density at radius 3 is 2.62 bits per heavy atom. The molecule has 5 rings (SSSR count). The molecule has 0 fully saturated rings. The summed E-state index contributed by atoms with van der Waals surface area (Å²) in [6, 6.07) is 21.0. The number of aliphatic hydroxyl groups excluding tert-OH is 1. The van der Waals surface area contributed by atoms with Crippen molar-refractivity contribution in [2.24, 2.45) is 5.10 Å². The average molecular weight is 694 g/mol. The molecule has 1 aliphatic heterocycles. The largest absolute Gasteiger partial charge is 0.490 e. The number of nitrogens with zero attached hydrogens (tertiary/aromatic N) is 1. The first kappa shape index (κ1) is 34.4. The molecule has 4 N–H and O–H groups in total. The Balaban J connectivity index is 1.25. The molecule has 0 saturated heterocycles. The maximum Gasteiger partial charge on any atom is 0.337 e. The molecule has 4 aromatic carbocycles. The van der Waals surface area contributed by atoms with Crippen molar-refractivity contribution in [3.63, 3.8) is 0 Å². The van der Waals surface area contributed by atoms with Gasteiger partial charge >= 0.3 is 12.0 Å². The quantitative estimate of drug-likeness (QED) is 0.0559. The van der Waals surface area contributed by atoms with Gasteiger partial charge in [-0.15, -0.1) is 0 Å². The minimum absolute atomic E-state index is 0.200. The molecule has 250 valence electrons. The van der Waals surface area contributed by atoms with E-state index >= 15 is 0 Å². The Labute approximate surface area is 287 Å². The molecule has 0 aromatic heterocycles. The SMILES string of the molecule is CCOc1cc([C@@H]2NC(=O)NC(C)=C2C(=O)OC)ccc1OC[C@@H](O)N/N=C/c1cc(Cl)cc(Cl)c1OCc1cccc2ccccc12. The molecule has 48 heavy (non-hydrogen) atoms. The molecule has 11 nitrogen and oxygen atoms in total. The topological polar surface area (TPSA) is 140 Å². The molecule has 4 aromatic rings. The third-order valence-corrected chi connectivity index (χ3v) is 7.89. The van der Waals surface area contributed by atoms with E-state index < -0.39 is 24.3 Å². The predicted octanol–water partition coefficient (Wildman–Crippen LogP) is 6.25. The third-order valence-electron chi connectivity index (χ3n) is 7.39. The lowest BCUT2D eigenvalue weighted by molar-refractivity contribution is -0.136. The number of hydrazone groups is 1. The first-order valence-corrected chi connectivity index (χ1v) is 15.7. The van der Waals surface area contributed by atoms with Crippen LogP contribution in [0, 0.1) is 0 Å². The van der Waals surface area contributed by atoms with Crippen molar-refractivity contribution in [3.05, 3.63) is 111 Å². The lowest BCUT2D eigenvalue weighted by Crippen LogP contribution is -2.45. The van der Waals surface area contributed by atoms with E-state index in [1.54, 1.807) is 44.2 Å². The van der Waals surface area contributed by atoms with Crippen LogP contribution < -0.4 is 30.3 Å². The van der Waals surface area contributed by atoms with Crippen LogP contribution in [0.15, 0.2) is 89.2 Å². The van der Waals surface area contributed by atoms with Gasteiger partial charge in [0, 0.05) is 16.3 Å². The van der Waals surface area contributed by atoms with Crippen LogP contribution in [0.2, 0.25) is 10.0 Å². The molecule has 1 aliphatic rings. The summed E-state index contributed by atoms with van der Waals surface area (Å²) in [6.07, 6.45) is 0.229. The van der Waals surface area contributed by atoms with Crippen LogP contribution in [0.4, 0.5) is 4.79 Å². The molecule has 2 atom stereocenters. The molecule has 2 amide bonds. The summed E-state index contributed by atoms with van der Waals surface area (Å²) in [7, 11) is 1.27. The maximum atomic E-state index is 12.5. The van der Waals surface area contributed by atoms with Crippen LogP contribution in [0.5, 0.6) is 17.2 Å². The number of esters is 1. The lowest BCUT2D eigenvalue weighted by atomic mass is 9.95. The number of halogens is 2. The number of methoxy groups -OCH3 is 1. The van der Waals surface area contributed by atoms with Crippen LogP contribution in [0.3, 0.4) is 0 Å². The van der Waals surface area contributed by atoms with Crippen molar-refractivity contribution in [2.75, 3.05) is 20.3 Å². The molecule has 0 saturated carbocycles. The molecule has 0 unspecified atom stereocenters. The fraction of sp³-hybridized carbons (Fsp3) is 0.229. The van der Waals surface area contributed by atoms with Crippen LogP contribution in [0.25, 0.3) is 10.8 Å². The summed E-state index contributed by atoms with van der Waals surface area (Å²) >= 11 is 12.8. The maximum absolute atomic E-state index is 12.5. The number of carbonyl (C=O) groups is 2. The van der Waals surface area contributed by atoms with Crippen LogP contribution in [-0.2, 0) is 16.1 Å². The van der Waals surface area contributed by atoms with Gasteiger partial charge in [-0.05, 0) is 60.0 Å². The Hall–Kier alpha value is -4.97. The second kappa shape index (κ2) is 15.7. The van der Waals surface area contributed by atoms with Crippen LogP contribution in [0.1, 0.15) is 36.6 Å². The smallest absolute Gasteiger partial charge is 0.337 e. The van der Waals surface area contributed by atoms with Crippen molar-refractivity contribution in [1.29, 1.82) is 0 Å². The van der Waals surface area contributed by atoms with Gasteiger partial charge in [0.25, 0.3) is 0 Å². The minimum Gasteiger partial charge on any atom is -0.490 e. The monoisotopic (exact) mass is 692 g/mol. The Morgan fingerprint density at radius 1 is 1.04 bits per heavy atom. The zero-order valence-corrected chi connectivity index (χ0v) is 27.9. The van der Waals surface area contributed by atoms with Gasteiger partial charge in [-0.1, -0.05) is 71.7 Å². The molecule has 13 heteroatoms. The Kier molecular flexibility index (Phi) is 11.3. The fourth-order valence-electron chi connectivity index (χ4n) is 5.21. The van der Waals surface area contributed by atoms with E-state index in [4.69, 9.17) is 42.1 Å². The van der Waals surface area contributed by atoms with Crippen molar-refractivity contribution < 1.29 is 33.6 Å².